The van der Waals surface area contributed by atoms with E-state index in [0.29, 0.717) is 0 Å². The van der Waals surface area contributed by atoms with E-state index in [1.807, 2.05) is 0 Å². The highest BCUT2D eigenvalue weighted by Gasteiger charge is 1.79. The van der Waals surface area contributed by atoms with Crippen LogP contribution in [0.15, 0.2) is 30.5 Å². The molecule has 0 unspecified atom stereocenters. The van der Waals surface area contributed by atoms with Crippen molar-refractivity contribution in [2.45, 2.75) is 0 Å². The average Bonchev–Trinajstić information content (AvgIpc) is 1.83. The van der Waals surface area contributed by atoms with Crippen LogP contribution in [0.3, 0.4) is 0 Å². The van der Waals surface area contributed by atoms with E-state index in [1.165, 1.54) is 12.1 Å². The fourth-order valence-electron chi connectivity index (χ4n) is 0.332. The van der Waals surface area contributed by atoms with Crippen LogP contribution in [0.2, 0.25) is 0 Å². The van der Waals surface area contributed by atoms with Crippen molar-refractivity contribution < 1.29 is 7.42 Å². The van der Waals surface area contributed by atoms with E-state index < -0.39 is 0 Å². The summed E-state index contributed by atoms with van der Waals surface area (Å²) in [7, 11) is 0. The van der Waals surface area contributed by atoms with Crippen molar-refractivity contribution in [1.82, 2.24) is 0 Å². The lowest BCUT2D eigenvalue weighted by Crippen LogP contribution is -2.42. The smallest absolute Gasteiger partial charge is 0.199 e. The molecule has 0 bridgehead atoms. The Hall–Kier alpha value is -1.05. The van der Waals surface area contributed by atoms with Crippen molar-refractivity contribution in [3.63, 3.8) is 0 Å². The number of hydrogen-bond acceptors (Lipinski definition) is 1. The van der Waals surface area contributed by atoms with Crippen molar-refractivity contribution in [2.24, 2.45) is 0 Å². The van der Waals surface area contributed by atoms with E-state index >= 15 is 0 Å². The first-order valence-corrected chi connectivity index (χ1v) is 1.95. The minimum Gasteiger partial charge on any atom is -0.205 e. The summed E-state index contributed by atoms with van der Waals surface area (Å²) in [5.74, 6) is 5.22. The summed E-state index contributed by atoms with van der Waals surface area (Å²) in [5.41, 5.74) is 0. The molecule has 0 saturated carbocycles. The molecule has 2 N–H and O–H groups in total. The summed E-state index contributed by atoms with van der Waals surface area (Å²) in [5, 5.41) is 0. The van der Waals surface area contributed by atoms with Gasteiger partial charge >= 0.3 is 0 Å². The first-order chi connectivity index (χ1) is 4.22. The zero-order valence-corrected chi connectivity index (χ0v) is 3.76. The third kappa shape index (κ3) is 0.892. The Balaban J connectivity index is 3.25. The number of nitrogens with two attached hydrogens (primary N) is 1. The number of aromatic nitrogens is 1. The molecule has 0 aliphatic carbocycles. The Morgan fingerprint density at radius 1 is 1.29 bits per heavy atom. The van der Waals surface area contributed by atoms with Crippen molar-refractivity contribution in [3.05, 3.63) is 30.5 Å². The zero-order valence-electron chi connectivity index (χ0n) is 5.76. The maximum absolute atomic E-state index is 7.08. The predicted octanol–water partition coefficient (Wildman–Crippen LogP) is -0.312. The van der Waals surface area contributed by atoms with Gasteiger partial charge in [-0.1, -0.05) is 10.7 Å². The van der Waals surface area contributed by atoms with Gasteiger partial charge in [0.2, 0.25) is 0 Å². The van der Waals surface area contributed by atoms with Gasteiger partial charge in [-0.3, -0.25) is 0 Å². The molecule has 1 aromatic heterocycles. The van der Waals surface area contributed by atoms with E-state index in [4.69, 9.17) is 8.58 Å². The first kappa shape index (κ1) is 2.31. The topological polar surface area (TPSA) is 29.9 Å². The minimum absolute atomic E-state index is 0.141. The van der Waals surface area contributed by atoms with E-state index in [9.17, 15) is 0 Å². The molecular formula is C5H7N2+. The molecule has 0 aromatic carbocycles. The Morgan fingerprint density at radius 3 is 2.29 bits per heavy atom. The maximum Gasteiger partial charge on any atom is 0.199 e. The quantitative estimate of drug-likeness (QED) is 0.349. The fourth-order valence-corrected chi connectivity index (χ4v) is 0.332. The normalized spacial score (nSPS) is 12.6. The molecule has 0 fully saturated rings. The van der Waals surface area contributed by atoms with E-state index in [1.54, 1.807) is 6.07 Å². The molecule has 0 saturated heterocycles. The van der Waals surface area contributed by atoms with Crippen molar-refractivity contribution in [1.29, 1.82) is 0 Å². The van der Waals surface area contributed by atoms with Gasteiger partial charge in [-0.2, -0.15) is 0 Å². The number of pyridine rings is 1. The van der Waals surface area contributed by atoms with Gasteiger partial charge in [0.05, 0.1) is 0 Å². The molecule has 0 amide bonds. The van der Waals surface area contributed by atoms with E-state index in [-0.39, 0.29) is 12.3 Å². The summed E-state index contributed by atoms with van der Waals surface area (Å²) >= 11 is 0. The first-order valence-electron chi connectivity index (χ1n) is 2.95. The molecule has 0 spiro atoms. The minimum atomic E-state index is 0.141. The number of nitrogen functional groups attached to an aromatic ring is 1. The van der Waals surface area contributed by atoms with E-state index in [0.717, 1.165) is 4.68 Å². The van der Waals surface area contributed by atoms with Crippen molar-refractivity contribution in [3.8, 4) is 0 Å². The number of rotatable bonds is 0. The zero-order chi connectivity index (χ0) is 6.85. The van der Waals surface area contributed by atoms with Crippen LogP contribution in [0.1, 0.15) is 2.74 Å². The third-order valence-corrected chi connectivity index (χ3v) is 0.620. The molecule has 1 heterocycles. The van der Waals surface area contributed by atoms with Gasteiger partial charge in [0.15, 0.2) is 12.3 Å². The van der Waals surface area contributed by atoms with Gasteiger partial charge in [0, 0.05) is 12.1 Å². The summed E-state index contributed by atoms with van der Waals surface area (Å²) in [6, 6.07) is 4.67. The molecule has 2 nitrogen and oxygen atoms in total. The molecule has 0 atom stereocenters. The van der Waals surface area contributed by atoms with Crippen LogP contribution in [0.5, 0.6) is 0 Å². The van der Waals surface area contributed by atoms with Crippen LogP contribution in [0.25, 0.3) is 0 Å². The second kappa shape index (κ2) is 1.60. The van der Waals surface area contributed by atoms with Crippen molar-refractivity contribution in [2.75, 3.05) is 5.84 Å². The third-order valence-electron chi connectivity index (χ3n) is 0.620. The van der Waals surface area contributed by atoms with Crippen LogP contribution >= 0.6 is 0 Å². The SMILES string of the molecule is [2H]c1cccc([2H])[n+]1N. The lowest BCUT2D eigenvalue weighted by Gasteiger charge is -1.76. The number of hydrogen-bond donors (Lipinski definition) is 1. The molecule has 0 aliphatic rings. The molecule has 36 valence electrons. The fraction of sp³-hybridized carbons (Fsp3) is 0. The Labute approximate surface area is 45.0 Å². The predicted molar refractivity (Wildman–Crippen MR) is 26.8 cm³/mol. The second-order valence-corrected chi connectivity index (χ2v) is 1.15. The highest BCUT2D eigenvalue weighted by molar-refractivity contribution is 4.83. The van der Waals surface area contributed by atoms with Crippen LogP contribution < -0.4 is 10.5 Å². The Bertz CT molecular complexity index is 204. The monoisotopic (exact) mass is 97.1 g/mol. The summed E-state index contributed by atoms with van der Waals surface area (Å²) in [4.78, 5) is 0. The highest BCUT2D eigenvalue weighted by atomic mass is 15.3. The van der Waals surface area contributed by atoms with Crippen LogP contribution in [-0.2, 0) is 0 Å². The Kier molecular flexibility index (Phi) is 0.527. The van der Waals surface area contributed by atoms with Gasteiger partial charge in [0.25, 0.3) is 0 Å². The highest BCUT2D eigenvalue weighted by Crippen LogP contribution is 1.70. The van der Waals surface area contributed by atoms with Gasteiger partial charge in [-0.15, -0.1) is 0 Å². The van der Waals surface area contributed by atoms with Crippen LogP contribution in [0, 0.1) is 0 Å². The molecule has 7 heavy (non-hydrogen) atoms. The molecular weight excluding hydrogens is 88.1 g/mol. The van der Waals surface area contributed by atoms with E-state index in [2.05, 4.69) is 0 Å². The second-order valence-electron chi connectivity index (χ2n) is 1.15. The van der Waals surface area contributed by atoms with Crippen LogP contribution in [-0.4, -0.2) is 0 Å². The molecule has 0 radical (unpaired) electrons. The lowest BCUT2D eigenvalue weighted by atomic mass is 10.5. The summed E-state index contributed by atoms with van der Waals surface area (Å²) in [6.45, 7) is 0. The largest absolute Gasteiger partial charge is 0.205 e. The van der Waals surface area contributed by atoms with Gasteiger partial charge < -0.3 is 0 Å². The van der Waals surface area contributed by atoms with Gasteiger partial charge in [-0.05, 0) is 0 Å². The molecule has 0 aliphatic heterocycles. The van der Waals surface area contributed by atoms with Gasteiger partial charge in [0.1, 0.15) is 2.74 Å². The average molecular weight is 97.1 g/mol. The standard InChI is InChI=1S/C5H7N2/c6-7-4-2-1-3-5-7/h1-5H,6H2/q+1/i4D,5D. The van der Waals surface area contributed by atoms with Crippen LogP contribution in [0.4, 0.5) is 0 Å². The summed E-state index contributed by atoms with van der Waals surface area (Å²) < 4.78 is 15.2. The molecule has 2 heteroatoms. The lowest BCUT2D eigenvalue weighted by molar-refractivity contribution is -0.638. The summed E-state index contributed by atoms with van der Waals surface area (Å²) in [6.07, 6.45) is 0.282. The van der Waals surface area contributed by atoms with Crippen molar-refractivity contribution >= 4 is 0 Å². The molecule has 1 aromatic rings. The molecule has 1 rings (SSSR count). The maximum atomic E-state index is 7.08. The Morgan fingerprint density at radius 2 is 1.86 bits per heavy atom. The number of nitrogens with zero attached hydrogens (tertiary/aromatic N) is 1. The van der Waals surface area contributed by atoms with Gasteiger partial charge in [-0.25, -0.2) is 5.84 Å².